The molecule has 0 radical (unpaired) electrons. The predicted octanol–water partition coefficient (Wildman–Crippen LogP) is 2.95. The zero-order valence-corrected chi connectivity index (χ0v) is 11.4. The molecule has 1 N–H and O–H groups in total. The van der Waals surface area contributed by atoms with E-state index in [-0.39, 0.29) is 18.0 Å². The van der Waals surface area contributed by atoms with Crippen LogP contribution in [0.5, 0.6) is 5.75 Å². The van der Waals surface area contributed by atoms with Crippen LogP contribution in [-0.4, -0.2) is 9.97 Å². The van der Waals surface area contributed by atoms with Crippen LogP contribution in [-0.2, 0) is 6.61 Å². The van der Waals surface area contributed by atoms with Crippen molar-refractivity contribution in [1.82, 2.24) is 9.97 Å². The Kier molecular flexibility index (Phi) is 3.39. The zero-order chi connectivity index (χ0) is 14.8. The Morgan fingerprint density at radius 1 is 1.24 bits per heavy atom. The minimum Gasteiger partial charge on any atom is -0.486 e. The van der Waals surface area contributed by atoms with Crippen LogP contribution in [0.4, 0.5) is 4.39 Å². The first-order chi connectivity index (χ1) is 10.1. The van der Waals surface area contributed by atoms with E-state index in [1.807, 2.05) is 6.07 Å². The largest absolute Gasteiger partial charge is 0.486 e. The molecule has 0 amide bonds. The van der Waals surface area contributed by atoms with Crippen LogP contribution < -0.4 is 10.3 Å². The van der Waals surface area contributed by atoms with Gasteiger partial charge in [0, 0.05) is 6.07 Å². The lowest BCUT2D eigenvalue weighted by Gasteiger charge is -2.07. The Balaban J connectivity index is 1.85. The van der Waals surface area contributed by atoms with Crippen LogP contribution >= 0.6 is 0 Å². The maximum Gasteiger partial charge on any atom is 0.258 e. The van der Waals surface area contributed by atoms with Crippen molar-refractivity contribution >= 4 is 10.9 Å². The summed E-state index contributed by atoms with van der Waals surface area (Å²) >= 11 is 0. The van der Waals surface area contributed by atoms with Gasteiger partial charge in [-0.1, -0.05) is 18.2 Å². The molecule has 0 atom stereocenters. The first kappa shape index (κ1) is 13.3. The van der Waals surface area contributed by atoms with E-state index in [0.29, 0.717) is 28.0 Å². The van der Waals surface area contributed by atoms with Crippen molar-refractivity contribution in [3.8, 4) is 5.75 Å². The number of fused-ring (bicyclic) bond motifs is 1. The second-order valence-corrected chi connectivity index (χ2v) is 4.73. The van der Waals surface area contributed by atoms with Crippen molar-refractivity contribution in [2.45, 2.75) is 13.5 Å². The van der Waals surface area contributed by atoms with Crippen molar-refractivity contribution in [3.63, 3.8) is 0 Å². The third kappa shape index (κ3) is 2.76. The van der Waals surface area contributed by atoms with Crippen molar-refractivity contribution < 1.29 is 9.13 Å². The monoisotopic (exact) mass is 284 g/mol. The smallest absolute Gasteiger partial charge is 0.258 e. The molecule has 5 heteroatoms. The predicted molar refractivity (Wildman–Crippen MR) is 77.8 cm³/mol. The molecule has 0 aliphatic heterocycles. The molecule has 0 spiro atoms. The van der Waals surface area contributed by atoms with Gasteiger partial charge >= 0.3 is 0 Å². The fourth-order valence-electron chi connectivity index (χ4n) is 2.02. The molecule has 4 nitrogen and oxygen atoms in total. The van der Waals surface area contributed by atoms with Gasteiger partial charge in [-0.3, -0.25) is 4.79 Å². The summed E-state index contributed by atoms with van der Waals surface area (Å²) in [5.74, 6) is 0.473. The number of aromatic nitrogens is 2. The van der Waals surface area contributed by atoms with Crippen molar-refractivity contribution in [2.24, 2.45) is 0 Å². The number of para-hydroxylation sites is 1. The topological polar surface area (TPSA) is 55.0 Å². The van der Waals surface area contributed by atoms with E-state index in [1.54, 1.807) is 37.3 Å². The van der Waals surface area contributed by atoms with E-state index >= 15 is 0 Å². The Labute approximate surface area is 120 Å². The molecule has 0 aliphatic carbocycles. The Morgan fingerprint density at radius 2 is 2.05 bits per heavy atom. The molecule has 1 aromatic heterocycles. The molecule has 0 bridgehead atoms. The molecule has 0 unspecified atom stereocenters. The number of benzene rings is 2. The first-order valence-electron chi connectivity index (χ1n) is 6.50. The van der Waals surface area contributed by atoms with Gasteiger partial charge in [-0.2, -0.15) is 0 Å². The minimum atomic E-state index is -0.326. The summed E-state index contributed by atoms with van der Waals surface area (Å²) in [6.07, 6.45) is 0. The molecule has 0 saturated carbocycles. The second kappa shape index (κ2) is 5.36. The van der Waals surface area contributed by atoms with Crippen molar-refractivity contribution in [3.05, 3.63) is 70.0 Å². The zero-order valence-electron chi connectivity index (χ0n) is 11.4. The van der Waals surface area contributed by atoms with Gasteiger partial charge in [0.05, 0.1) is 10.9 Å². The molecular weight excluding hydrogens is 271 g/mol. The van der Waals surface area contributed by atoms with Gasteiger partial charge in [-0.15, -0.1) is 0 Å². The number of ether oxygens (including phenoxy) is 1. The van der Waals surface area contributed by atoms with Crippen LogP contribution in [0.3, 0.4) is 0 Å². The maximum absolute atomic E-state index is 13.4. The second-order valence-electron chi connectivity index (χ2n) is 4.73. The average Bonchev–Trinajstić information content (AvgIpc) is 2.49. The van der Waals surface area contributed by atoms with E-state index in [2.05, 4.69) is 9.97 Å². The number of aromatic amines is 1. The highest BCUT2D eigenvalue weighted by Gasteiger charge is 2.05. The number of rotatable bonds is 3. The summed E-state index contributed by atoms with van der Waals surface area (Å²) in [6, 6.07) is 11.7. The number of H-pyrrole nitrogens is 1. The van der Waals surface area contributed by atoms with Crippen LogP contribution in [0, 0.1) is 12.7 Å². The first-order valence-corrected chi connectivity index (χ1v) is 6.50. The van der Waals surface area contributed by atoms with Gasteiger partial charge in [-0.25, -0.2) is 9.37 Å². The number of hydrogen-bond donors (Lipinski definition) is 1. The molecule has 1 heterocycles. The molecule has 0 aliphatic rings. The van der Waals surface area contributed by atoms with Gasteiger partial charge in [0.2, 0.25) is 0 Å². The van der Waals surface area contributed by atoms with Crippen molar-refractivity contribution in [1.29, 1.82) is 0 Å². The van der Waals surface area contributed by atoms with Crippen LogP contribution in [0.25, 0.3) is 10.9 Å². The number of halogens is 1. The standard InChI is InChI=1S/C16H13FN2O2/c1-10-6-7-11(8-13(10)17)21-9-15-18-14-5-3-2-4-12(14)16(20)19-15/h2-8H,9H2,1H3,(H,18,19,20). The van der Waals surface area contributed by atoms with E-state index in [9.17, 15) is 9.18 Å². The molecule has 106 valence electrons. The quantitative estimate of drug-likeness (QED) is 0.804. The number of hydrogen-bond acceptors (Lipinski definition) is 3. The van der Waals surface area contributed by atoms with Crippen LogP contribution in [0.15, 0.2) is 47.3 Å². The lowest BCUT2D eigenvalue weighted by atomic mass is 10.2. The molecule has 3 rings (SSSR count). The van der Waals surface area contributed by atoms with E-state index in [1.165, 1.54) is 6.07 Å². The normalized spacial score (nSPS) is 10.8. The van der Waals surface area contributed by atoms with E-state index < -0.39 is 0 Å². The highest BCUT2D eigenvalue weighted by Crippen LogP contribution is 2.16. The summed E-state index contributed by atoms with van der Waals surface area (Å²) in [7, 11) is 0. The van der Waals surface area contributed by atoms with Gasteiger partial charge < -0.3 is 9.72 Å². The molecular formula is C16H13FN2O2. The lowest BCUT2D eigenvalue weighted by molar-refractivity contribution is 0.294. The number of nitrogens with zero attached hydrogens (tertiary/aromatic N) is 1. The molecule has 2 aromatic carbocycles. The van der Waals surface area contributed by atoms with E-state index in [4.69, 9.17) is 4.74 Å². The molecule has 0 fully saturated rings. The van der Waals surface area contributed by atoms with Crippen molar-refractivity contribution in [2.75, 3.05) is 0 Å². The highest BCUT2D eigenvalue weighted by atomic mass is 19.1. The van der Waals surface area contributed by atoms with Gasteiger partial charge in [0.1, 0.15) is 24.0 Å². The third-order valence-corrected chi connectivity index (χ3v) is 3.18. The molecule has 3 aromatic rings. The Bertz CT molecular complexity index is 858. The van der Waals surface area contributed by atoms with Gasteiger partial charge in [0.25, 0.3) is 5.56 Å². The minimum absolute atomic E-state index is 0.0720. The van der Waals surface area contributed by atoms with E-state index in [0.717, 1.165) is 0 Å². The summed E-state index contributed by atoms with van der Waals surface area (Å²) < 4.78 is 18.9. The number of nitrogens with one attached hydrogen (secondary N) is 1. The molecule has 0 saturated heterocycles. The Morgan fingerprint density at radius 3 is 2.86 bits per heavy atom. The SMILES string of the molecule is Cc1ccc(OCc2nc3ccccc3c(=O)[nH]2)cc1F. The fourth-order valence-corrected chi connectivity index (χ4v) is 2.02. The van der Waals surface area contributed by atoms with Gasteiger partial charge in [-0.05, 0) is 30.7 Å². The van der Waals surface area contributed by atoms with Crippen LogP contribution in [0.1, 0.15) is 11.4 Å². The average molecular weight is 284 g/mol. The molecule has 21 heavy (non-hydrogen) atoms. The summed E-state index contributed by atoms with van der Waals surface area (Å²) in [4.78, 5) is 18.9. The summed E-state index contributed by atoms with van der Waals surface area (Å²) in [6.45, 7) is 1.75. The van der Waals surface area contributed by atoms with Crippen LogP contribution in [0.2, 0.25) is 0 Å². The summed E-state index contributed by atoms with van der Waals surface area (Å²) in [5, 5.41) is 0.530. The highest BCUT2D eigenvalue weighted by molar-refractivity contribution is 5.77. The van der Waals surface area contributed by atoms with Gasteiger partial charge in [0.15, 0.2) is 0 Å². The fraction of sp³-hybridized carbons (Fsp3) is 0.125. The Hall–Kier alpha value is -2.69. The third-order valence-electron chi connectivity index (χ3n) is 3.18. The maximum atomic E-state index is 13.4. The summed E-state index contributed by atoms with van der Waals surface area (Å²) in [5.41, 5.74) is 0.948. The lowest BCUT2D eigenvalue weighted by Crippen LogP contribution is -2.13. The number of aryl methyl sites for hydroxylation is 1.